The number of hydrogen-bond acceptors (Lipinski definition) is 4. The number of phenolic OH excluding ortho intramolecular Hbond substituents is 1. The SMILES string of the molecule is COC(=O)c1ccc(/C=C/c2ccc3cccc(O)c3n2)cc1. The van der Waals surface area contributed by atoms with Crippen LogP contribution >= 0.6 is 0 Å². The third-order valence-corrected chi connectivity index (χ3v) is 3.50. The molecular weight excluding hydrogens is 290 g/mol. The number of phenols is 1. The minimum Gasteiger partial charge on any atom is -0.506 e. The van der Waals surface area contributed by atoms with Gasteiger partial charge in [0.1, 0.15) is 11.3 Å². The Morgan fingerprint density at radius 1 is 1.04 bits per heavy atom. The molecule has 0 saturated heterocycles. The molecule has 1 heterocycles. The molecule has 1 aromatic heterocycles. The van der Waals surface area contributed by atoms with Gasteiger partial charge in [-0.2, -0.15) is 0 Å². The molecule has 0 amide bonds. The number of pyridine rings is 1. The Balaban J connectivity index is 1.85. The standard InChI is InChI=1S/C19H15NO3/c1-23-19(22)15-8-5-13(6-9-15)7-11-16-12-10-14-3-2-4-17(21)18(14)20-16/h2-12,21H,1H3/b11-7+. The number of carbonyl (C=O) groups excluding carboxylic acids is 1. The summed E-state index contributed by atoms with van der Waals surface area (Å²) in [6.07, 6.45) is 3.76. The van der Waals surface area contributed by atoms with Crippen LogP contribution in [0.25, 0.3) is 23.1 Å². The number of rotatable bonds is 3. The Hall–Kier alpha value is -3.14. The number of para-hydroxylation sites is 1. The number of methoxy groups -OCH3 is 1. The van der Waals surface area contributed by atoms with Gasteiger partial charge in [-0.3, -0.25) is 0 Å². The van der Waals surface area contributed by atoms with Gasteiger partial charge in [0.05, 0.1) is 18.4 Å². The van der Waals surface area contributed by atoms with E-state index in [0.717, 1.165) is 16.6 Å². The van der Waals surface area contributed by atoms with E-state index in [0.29, 0.717) is 11.1 Å². The zero-order valence-corrected chi connectivity index (χ0v) is 12.6. The van der Waals surface area contributed by atoms with Crippen molar-refractivity contribution in [3.63, 3.8) is 0 Å². The largest absolute Gasteiger partial charge is 0.506 e. The molecule has 2 aromatic carbocycles. The van der Waals surface area contributed by atoms with Gasteiger partial charge in [0.25, 0.3) is 0 Å². The Morgan fingerprint density at radius 3 is 2.57 bits per heavy atom. The molecule has 0 spiro atoms. The van der Waals surface area contributed by atoms with Crippen molar-refractivity contribution in [3.05, 3.63) is 71.4 Å². The van der Waals surface area contributed by atoms with Crippen LogP contribution in [0.15, 0.2) is 54.6 Å². The molecule has 114 valence electrons. The number of carbonyl (C=O) groups is 1. The predicted octanol–water partition coefficient (Wildman–Crippen LogP) is 3.90. The molecule has 0 saturated carbocycles. The van der Waals surface area contributed by atoms with E-state index < -0.39 is 0 Å². The van der Waals surface area contributed by atoms with E-state index in [1.165, 1.54) is 7.11 Å². The van der Waals surface area contributed by atoms with Crippen LogP contribution in [0, 0.1) is 0 Å². The van der Waals surface area contributed by atoms with Crippen molar-refractivity contribution in [1.82, 2.24) is 4.98 Å². The number of benzene rings is 2. The van der Waals surface area contributed by atoms with E-state index in [2.05, 4.69) is 9.72 Å². The summed E-state index contributed by atoms with van der Waals surface area (Å²) in [5.74, 6) is -0.188. The lowest BCUT2D eigenvalue weighted by Crippen LogP contribution is -2.00. The van der Waals surface area contributed by atoms with E-state index in [-0.39, 0.29) is 11.7 Å². The number of hydrogen-bond donors (Lipinski definition) is 1. The monoisotopic (exact) mass is 305 g/mol. The van der Waals surface area contributed by atoms with Gasteiger partial charge >= 0.3 is 5.97 Å². The lowest BCUT2D eigenvalue weighted by Gasteiger charge is -2.02. The van der Waals surface area contributed by atoms with Crippen molar-refractivity contribution in [2.45, 2.75) is 0 Å². The van der Waals surface area contributed by atoms with Gasteiger partial charge in [0.15, 0.2) is 0 Å². The first-order valence-corrected chi connectivity index (χ1v) is 7.12. The van der Waals surface area contributed by atoms with Gasteiger partial charge in [0, 0.05) is 5.39 Å². The Bertz CT molecular complexity index is 883. The second-order valence-corrected chi connectivity index (χ2v) is 5.03. The quantitative estimate of drug-likeness (QED) is 0.746. The molecule has 0 aliphatic rings. The minimum atomic E-state index is -0.354. The molecule has 3 aromatic rings. The van der Waals surface area contributed by atoms with Crippen LogP contribution in [0.5, 0.6) is 5.75 Å². The molecule has 0 radical (unpaired) electrons. The summed E-state index contributed by atoms with van der Waals surface area (Å²) in [6, 6.07) is 16.2. The first kappa shape index (κ1) is 14.8. The lowest BCUT2D eigenvalue weighted by atomic mass is 10.1. The van der Waals surface area contributed by atoms with Crippen LogP contribution in [0.2, 0.25) is 0 Å². The lowest BCUT2D eigenvalue weighted by molar-refractivity contribution is 0.0600. The molecule has 4 nitrogen and oxygen atoms in total. The number of aromatic hydroxyl groups is 1. The second-order valence-electron chi connectivity index (χ2n) is 5.03. The summed E-state index contributed by atoms with van der Waals surface area (Å²) in [7, 11) is 1.36. The molecule has 23 heavy (non-hydrogen) atoms. The molecule has 4 heteroatoms. The average molecular weight is 305 g/mol. The number of aromatic nitrogens is 1. The van der Waals surface area contributed by atoms with Crippen molar-refractivity contribution in [3.8, 4) is 5.75 Å². The molecular formula is C19H15NO3. The molecule has 0 aliphatic heterocycles. The van der Waals surface area contributed by atoms with Gasteiger partial charge in [0.2, 0.25) is 0 Å². The Morgan fingerprint density at radius 2 is 1.83 bits per heavy atom. The first-order chi connectivity index (χ1) is 11.2. The van der Waals surface area contributed by atoms with Crippen LogP contribution < -0.4 is 0 Å². The summed E-state index contributed by atoms with van der Waals surface area (Å²) in [5.41, 5.74) is 2.78. The van der Waals surface area contributed by atoms with Crippen LogP contribution in [0.4, 0.5) is 0 Å². The maximum Gasteiger partial charge on any atom is 0.337 e. The maximum absolute atomic E-state index is 11.4. The number of esters is 1. The molecule has 0 unspecified atom stereocenters. The fourth-order valence-electron chi connectivity index (χ4n) is 2.27. The zero-order chi connectivity index (χ0) is 16.2. The summed E-state index contributed by atoms with van der Waals surface area (Å²) in [5, 5.41) is 10.7. The topological polar surface area (TPSA) is 59.4 Å². The highest BCUT2D eigenvalue weighted by Crippen LogP contribution is 2.22. The van der Waals surface area contributed by atoms with Gasteiger partial charge in [-0.15, -0.1) is 0 Å². The van der Waals surface area contributed by atoms with Crippen LogP contribution in [0.1, 0.15) is 21.6 Å². The molecule has 0 atom stereocenters. The molecule has 0 aliphatic carbocycles. The first-order valence-electron chi connectivity index (χ1n) is 7.12. The van der Waals surface area contributed by atoms with Gasteiger partial charge in [-0.25, -0.2) is 9.78 Å². The summed E-state index contributed by atoms with van der Waals surface area (Å²) >= 11 is 0. The van der Waals surface area contributed by atoms with Crippen LogP contribution in [0.3, 0.4) is 0 Å². The van der Waals surface area contributed by atoms with Crippen molar-refractivity contribution in [2.24, 2.45) is 0 Å². The van der Waals surface area contributed by atoms with Gasteiger partial charge < -0.3 is 9.84 Å². The smallest absolute Gasteiger partial charge is 0.337 e. The highest BCUT2D eigenvalue weighted by atomic mass is 16.5. The average Bonchev–Trinajstić information content (AvgIpc) is 2.60. The van der Waals surface area contributed by atoms with Crippen molar-refractivity contribution in [1.29, 1.82) is 0 Å². The maximum atomic E-state index is 11.4. The van der Waals surface area contributed by atoms with Crippen molar-refractivity contribution >= 4 is 29.0 Å². The molecule has 0 fully saturated rings. The summed E-state index contributed by atoms with van der Waals surface area (Å²) in [4.78, 5) is 15.8. The number of fused-ring (bicyclic) bond motifs is 1. The molecule has 3 rings (SSSR count). The highest BCUT2D eigenvalue weighted by Gasteiger charge is 2.03. The van der Waals surface area contributed by atoms with E-state index >= 15 is 0 Å². The van der Waals surface area contributed by atoms with E-state index in [1.54, 1.807) is 24.3 Å². The third kappa shape index (κ3) is 3.21. The van der Waals surface area contributed by atoms with Gasteiger partial charge in [-0.1, -0.05) is 36.4 Å². The van der Waals surface area contributed by atoms with E-state index in [1.807, 2.05) is 42.5 Å². The number of nitrogens with zero attached hydrogens (tertiary/aromatic N) is 1. The Kier molecular flexibility index (Phi) is 4.06. The summed E-state index contributed by atoms with van der Waals surface area (Å²) < 4.78 is 4.67. The molecule has 1 N–H and O–H groups in total. The van der Waals surface area contributed by atoms with Crippen LogP contribution in [-0.4, -0.2) is 23.2 Å². The fraction of sp³-hybridized carbons (Fsp3) is 0.0526. The second kappa shape index (κ2) is 6.32. The summed E-state index contributed by atoms with van der Waals surface area (Å²) in [6.45, 7) is 0. The normalized spacial score (nSPS) is 11.0. The number of ether oxygens (including phenoxy) is 1. The van der Waals surface area contributed by atoms with E-state index in [4.69, 9.17) is 0 Å². The van der Waals surface area contributed by atoms with Crippen molar-refractivity contribution < 1.29 is 14.6 Å². The van der Waals surface area contributed by atoms with Crippen molar-refractivity contribution in [2.75, 3.05) is 7.11 Å². The minimum absolute atomic E-state index is 0.167. The van der Waals surface area contributed by atoms with Crippen LogP contribution in [-0.2, 0) is 4.74 Å². The zero-order valence-electron chi connectivity index (χ0n) is 12.6. The molecule has 0 bridgehead atoms. The van der Waals surface area contributed by atoms with Gasteiger partial charge in [-0.05, 0) is 35.9 Å². The fourth-order valence-corrected chi connectivity index (χ4v) is 2.27. The predicted molar refractivity (Wildman–Crippen MR) is 90.1 cm³/mol. The third-order valence-electron chi connectivity index (χ3n) is 3.50. The Labute approximate surface area is 133 Å². The highest BCUT2D eigenvalue weighted by molar-refractivity contribution is 5.89. The van der Waals surface area contributed by atoms with E-state index in [9.17, 15) is 9.90 Å².